The molecule has 1 aromatic carbocycles. The molecule has 0 aromatic heterocycles. The monoisotopic (exact) mass is 322 g/mol. The van der Waals surface area contributed by atoms with Gasteiger partial charge in [0, 0.05) is 12.7 Å². The molecule has 1 aliphatic rings. The van der Waals surface area contributed by atoms with Crippen molar-refractivity contribution in [2.45, 2.75) is 51.9 Å². The van der Waals surface area contributed by atoms with Gasteiger partial charge in [0.05, 0.1) is 30.6 Å². The van der Waals surface area contributed by atoms with Crippen LogP contribution in [0.15, 0.2) is 18.2 Å². The van der Waals surface area contributed by atoms with Crippen LogP contribution in [-0.2, 0) is 9.47 Å². The van der Waals surface area contributed by atoms with E-state index in [1.165, 1.54) is 0 Å². The molecule has 0 radical (unpaired) electrons. The Kier molecular flexibility index (Phi) is 5.36. The molecule has 2 N–H and O–H groups in total. The predicted molar refractivity (Wildman–Crippen MR) is 90.3 cm³/mol. The molecule has 23 heavy (non-hydrogen) atoms. The first-order valence-corrected chi connectivity index (χ1v) is 7.84. The Bertz CT molecular complexity index is 554. The minimum atomic E-state index is -0.544. The summed E-state index contributed by atoms with van der Waals surface area (Å²) < 4.78 is 16.2. The van der Waals surface area contributed by atoms with Crippen LogP contribution < -0.4 is 15.4 Å². The lowest BCUT2D eigenvalue weighted by Crippen LogP contribution is -2.29. The molecule has 0 saturated carbocycles. The summed E-state index contributed by atoms with van der Waals surface area (Å²) in [6.07, 6.45) is 0.557. The molecule has 2 atom stereocenters. The first-order chi connectivity index (χ1) is 10.8. The van der Waals surface area contributed by atoms with Crippen molar-refractivity contribution in [1.29, 1.82) is 0 Å². The third-order valence-electron chi connectivity index (χ3n) is 3.58. The van der Waals surface area contributed by atoms with Gasteiger partial charge in [-0.15, -0.1) is 0 Å². The minimum Gasteiger partial charge on any atom is -0.497 e. The highest BCUT2D eigenvalue weighted by atomic mass is 16.6. The molecule has 6 nitrogen and oxygen atoms in total. The normalized spacial score (nSPS) is 20.9. The Labute approximate surface area is 137 Å². The largest absolute Gasteiger partial charge is 0.497 e. The topological polar surface area (TPSA) is 68.8 Å². The molecule has 0 spiro atoms. The summed E-state index contributed by atoms with van der Waals surface area (Å²) in [6.45, 7) is 8.26. The number of carbonyl (C=O) groups excluding carboxylic acids is 1. The van der Waals surface area contributed by atoms with Crippen LogP contribution in [0.3, 0.4) is 0 Å². The average Bonchev–Trinajstić information content (AvgIpc) is 2.84. The van der Waals surface area contributed by atoms with Crippen LogP contribution in [0, 0.1) is 0 Å². The lowest BCUT2D eigenvalue weighted by molar-refractivity contribution is 0.0636. The highest BCUT2D eigenvalue weighted by Crippen LogP contribution is 2.30. The fourth-order valence-electron chi connectivity index (χ4n) is 2.41. The van der Waals surface area contributed by atoms with Gasteiger partial charge in [0.1, 0.15) is 11.4 Å². The first kappa shape index (κ1) is 17.4. The molecule has 0 bridgehead atoms. The van der Waals surface area contributed by atoms with Crippen LogP contribution in [0.25, 0.3) is 0 Å². The number of hydrogen-bond donors (Lipinski definition) is 2. The van der Waals surface area contributed by atoms with Crippen molar-refractivity contribution in [3.05, 3.63) is 18.2 Å². The highest BCUT2D eigenvalue weighted by molar-refractivity contribution is 5.90. The minimum absolute atomic E-state index is 0.121. The standard InChI is InChI=1S/C17H26N2O4/c1-11-13(8-9-22-11)18-15-10-12(21-5)6-7-14(15)19-16(20)23-17(2,3)4/h6-7,10-11,13,18H,8-9H2,1-5H3,(H,19,20). The lowest BCUT2D eigenvalue weighted by Gasteiger charge is -2.23. The second-order valence-electron chi connectivity index (χ2n) is 6.65. The lowest BCUT2D eigenvalue weighted by atomic mass is 10.1. The summed E-state index contributed by atoms with van der Waals surface area (Å²) in [5.74, 6) is 0.716. The van der Waals surface area contributed by atoms with E-state index in [9.17, 15) is 4.79 Å². The fraction of sp³-hybridized carbons (Fsp3) is 0.588. The SMILES string of the molecule is COc1ccc(NC(=O)OC(C)(C)C)c(NC2CCOC2C)c1. The van der Waals surface area contributed by atoms with Gasteiger partial charge in [0.25, 0.3) is 0 Å². The van der Waals surface area contributed by atoms with Crippen LogP contribution >= 0.6 is 0 Å². The molecule has 2 unspecified atom stereocenters. The zero-order chi connectivity index (χ0) is 17.0. The summed E-state index contributed by atoms with van der Waals surface area (Å²) >= 11 is 0. The molecular formula is C17H26N2O4. The molecule has 1 aliphatic heterocycles. The number of methoxy groups -OCH3 is 1. The van der Waals surface area contributed by atoms with Crippen molar-refractivity contribution in [2.24, 2.45) is 0 Å². The zero-order valence-electron chi connectivity index (χ0n) is 14.4. The van der Waals surface area contributed by atoms with Crippen molar-refractivity contribution in [2.75, 3.05) is 24.4 Å². The van der Waals surface area contributed by atoms with E-state index in [2.05, 4.69) is 10.6 Å². The van der Waals surface area contributed by atoms with Gasteiger partial charge in [-0.2, -0.15) is 0 Å². The van der Waals surface area contributed by atoms with E-state index in [4.69, 9.17) is 14.2 Å². The van der Waals surface area contributed by atoms with E-state index in [1.807, 2.05) is 33.8 Å². The number of anilines is 2. The second kappa shape index (κ2) is 7.08. The number of carbonyl (C=O) groups is 1. The van der Waals surface area contributed by atoms with Crippen LogP contribution in [0.2, 0.25) is 0 Å². The molecule has 2 rings (SSSR count). The van der Waals surface area contributed by atoms with Crippen molar-refractivity contribution < 1.29 is 19.0 Å². The summed E-state index contributed by atoms with van der Waals surface area (Å²) in [5.41, 5.74) is 0.898. The Morgan fingerprint density at radius 3 is 2.61 bits per heavy atom. The van der Waals surface area contributed by atoms with Gasteiger partial charge >= 0.3 is 6.09 Å². The number of benzene rings is 1. The summed E-state index contributed by atoms with van der Waals surface area (Å²) in [6, 6.07) is 5.65. The van der Waals surface area contributed by atoms with Gasteiger partial charge in [-0.1, -0.05) is 0 Å². The van der Waals surface area contributed by atoms with Crippen molar-refractivity contribution >= 4 is 17.5 Å². The maximum Gasteiger partial charge on any atom is 0.412 e. The van der Waals surface area contributed by atoms with Gasteiger partial charge in [-0.3, -0.25) is 5.32 Å². The quantitative estimate of drug-likeness (QED) is 0.886. The van der Waals surface area contributed by atoms with E-state index in [1.54, 1.807) is 19.2 Å². The van der Waals surface area contributed by atoms with Crippen LogP contribution in [0.4, 0.5) is 16.2 Å². The Balaban J connectivity index is 2.15. The van der Waals surface area contributed by atoms with Gasteiger partial charge < -0.3 is 19.5 Å². The third kappa shape index (κ3) is 5.03. The Morgan fingerprint density at radius 1 is 1.30 bits per heavy atom. The van der Waals surface area contributed by atoms with Crippen molar-refractivity contribution in [3.8, 4) is 5.75 Å². The number of hydrogen-bond acceptors (Lipinski definition) is 5. The summed E-state index contributed by atoms with van der Waals surface area (Å²) in [7, 11) is 1.61. The zero-order valence-corrected chi connectivity index (χ0v) is 14.4. The Hall–Kier alpha value is -1.95. The molecule has 1 amide bonds. The molecule has 1 aromatic rings. The van der Waals surface area contributed by atoms with Crippen LogP contribution in [-0.4, -0.2) is 37.6 Å². The summed E-state index contributed by atoms with van der Waals surface area (Å²) in [4.78, 5) is 12.0. The molecule has 1 saturated heterocycles. The molecule has 128 valence electrons. The molecule has 1 heterocycles. The van der Waals surface area contributed by atoms with Crippen LogP contribution in [0.1, 0.15) is 34.1 Å². The molecule has 1 fully saturated rings. The van der Waals surface area contributed by atoms with Gasteiger partial charge in [0.2, 0.25) is 0 Å². The Morgan fingerprint density at radius 2 is 2.04 bits per heavy atom. The van der Waals surface area contributed by atoms with Crippen molar-refractivity contribution in [3.63, 3.8) is 0 Å². The van der Waals surface area contributed by atoms with E-state index in [-0.39, 0.29) is 12.1 Å². The van der Waals surface area contributed by atoms with Crippen LogP contribution in [0.5, 0.6) is 5.75 Å². The molecule has 0 aliphatic carbocycles. The maximum atomic E-state index is 12.0. The third-order valence-corrected chi connectivity index (χ3v) is 3.58. The number of ether oxygens (including phenoxy) is 3. The highest BCUT2D eigenvalue weighted by Gasteiger charge is 2.25. The number of amides is 1. The maximum absolute atomic E-state index is 12.0. The summed E-state index contributed by atoms with van der Waals surface area (Å²) in [5, 5.41) is 6.21. The van der Waals surface area contributed by atoms with E-state index >= 15 is 0 Å². The van der Waals surface area contributed by atoms with Crippen molar-refractivity contribution in [1.82, 2.24) is 0 Å². The second-order valence-corrected chi connectivity index (χ2v) is 6.65. The molecule has 6 heteroatoms. The van der Waals surface area contributed by atoms with E-state index in [0.29, 0.717) is 11.4 Å². The van der Waals surface area contributed by atoms with E-state index in [0.717, 1.165) is 18.7 Å². The number of rotatable bonds is 4. The average molecular weight is 322 g/mol. The predicted octanol–water partition coefficient (Wildman–Crippen LogP) is 3.63. The van der Waals surface area contributed by atoms with E-state index < -0.39 is 11.7 Å². The fourth-order valence-corrected chi connectivity index (χ4v) is 2.41. The van der Waals surface area contributed by atoms with Gasteiger partial charge in [-0.05, 0) is 46.2 Å². The number of nitrogens with one attached hydrogen (secondary N) is 2. The van der Waals surface area contributed by atoms with Gasteiger partial charge in [0.15, 0.2) is 0 Å². The smallest absolute Gasteiger partial charge is 0.412 e. The first-order valence-electron chi connectivity index (χ1n) is 7.84. The molecular weight excluding hydrogens is 296 g/mol. The van der Waals surface area contributed by atoms with Gasteiger partial charge in [-0.25, -0.2) is 4.79 Å².